The molecule has 0 N–H and O–H groups in total. The zero-order valence-electron chi connectivity index (χ0n) is 19.3. The van der Waals surface area contributed by atoms with E-state index in [-0.39, 0.29) is 0 Å². The minimum atomic E-state index is 0.410. The van der Waals surface area contributed by atoms with E-state index in [0.717, 1.165) is 19.3 Å². The molecule has 0 radical (unpaired) electrons. The van der Waals surface area contributed by atoms with Crippen LogP contribution in [0.15, 0.2) is 70.4 Å². The third kappa shape index (κ3) is 6.80. The van der Waals surface area contributed by atoms with Gasteiger partial charge < -0.3 is 0 Å². The largest absolute Gasteiger partial charge is 0.0958 e. The molecule has 0 nitrogen and oxygen atoms in total. The second-order valence-electron chi connectivity index (χ2n) is 9.87. The lowest BCUT2D eigenvalue weighted by atomic mass is 9.71. The van der Waals surface area contributed by atoms with Gasteiger partial charge in [0.2, 0.25) is 0 Å². The van der Waals surface area contributed by atoms with E-state index in [2.05, 4.69) is 78.5 Å². The van der Waals surface area contributed by atoms with Crippen LogP contribution in [0.5, 0.6) is 0 Å². The molecular formula is C28H42. The van der Waals surface area contributed by atoms with Crippen molar-refractivity contribution >= 4 is 0 Å². The Morgan fingerprint density at radius 1 is 1.21 bits per heavy atom. The normalized spacial score (nSPS) is 23.7. The summed E-state index contributed by atoms with van der Waals surface area (Å²) in [6.45, 7) is 18.1. The van der Waals surface area contributed by atoms with Crippen LogP contribution >= 0.6 is 0 Å². The molecule has 2 aliphatic carbocycles. The Morgan fingerprint density at radius 3 is 2.61 bits per heavy atom. The number of hydrogen-bond donors (Lipinski definition) is 0. The molecule has 2 rings (SSSR count). The van der Waals surface area contributed by atoms with Gasteiger partial charge in [0.05, 0.1) is 0 Å². The Morgan fingerprint density at radius 2 is 1.96 bits per heavy atom. The van der Waals surface area contributed by atoms with Gasteiger partial charge in [0, 0.05) is 0 Å². The number of allylic oxidation sites excluding steroid dienone is 11. The summed E-state index contributed by atoms with van der Waals surface area (Å²) >= 11 is 0. The van der Waals surface area contributed by atoms with Crippen molar-refractivity contribution in [3.63, 3.8) is 0 Å². The first-order valence-electron chi connectivity index (χ1n) is 11.3. The maximum absolute atomic E-state index is 4.08. The summed E-state index contributed by atoms with van der Waals surface area (Å²) in [6.07, 6.45) is 21.3. The van der Waals surface area contributed by atoms with Gasteiger partial charge in [-0.25, -0.2) is 0 Å². The maximum Gasteiger partial charge on any atom is -0.0142 e. The van der Waals surface area contributed by atoms with Crippen LogP contribution in [-0.4, -0.2) is 0 Å². The van der Waals surface area contributed by atoms with Gasteiger partial charge >= 0.3 is 0 Å². The van der Waals surface area contributed by atoms with Gasteiger partial charge in [-0.2, -0.15) is 0 Å². The average Bonchev–Trinajstić information content (AvgIpc) is 2.91. The zero-order chi connectivity index (χ0) is 20.7. The molecule has 0 amide bonds. The molecule has 2 aliphatic rings. The first-order valence-corrected chi connectivity index (χ1v) is 11.3. The summed E-state index contributed by atoms with van der Waals surface area (Å²) in [7, 11) is 0. The van der Waals surface area contributed by atoms with E-state index in [0.29, 0.717) is 11.3 Å². The quantitative estimate of drug-likeness (QED) is 0.292. The first-order chi connectivity index (χ1) is 13.2. The summed E-state index contributed by atoms with van der Waals surface area (Å²) in [5.41, 5.74) is 9.48. The highest BCUT2D eigenvalue weighted by molar-refractivity contribution is 5.38. The lowest BCUT2D eigenvalue weighted by Gasteiger charge is -2.35. The lowest BCUT2D eigenvalue weighted by Crippen LogP contribution is -2.20. The average molecular weight is 379 g/mol. The molecule has 28 heavy (non-hydrogen) atoms. The van der Waals surface area contributed by atoms with Crippen molar-refractivity contribution in [3.05, 3.63) is 70.4 Å². The van der Waals surface area contributed by atoms with Crippen molar-refractivity contribution in [2.45, 2.75) is 92.9 Å². The molecule has 0 fully saturated rings. The standard InChI is InChI=1S/C28H42/c1-21(13-9-15-26-20-23(3)19-25(26)5)11-8-12-22(2)16-17-27-24(4)14-10-18-28(27,6)7/h9,12-13,15,20,25H,3,8,10-11,14,16-19H2,1-2,4-7H3/b15-9+,21-13-,22-12+. The van der Waals surface area contributed by atoms with Gasteiger partial charge in [-0.05, 0) is 89.0 Å². The fraction of sp³-hybridized carbons (Fsp3) is 0.571. The molecule has 0 saturated heterocycles. The van der Waals surface area contributed by atoms with Crippen LogP contribution in [0.1, 0.15) is 92.9 Å². The second-order valence-corrected chi connectivity index (χ2v) is 9.87. The van der Waals surface area contributed by atoms with Crippen LogP contribution in [0.4, 0.5) is 0 Å². The molecule has 0 saturated carbocycles. The van der Waals surface area contributed by atoms with Crippen molar-refractivity contribution in [1.29, 1.82) is 0 Å². The maximum atomic E-state index is 4.08. The van der Waals surface area contributed by atoms with E-state index in [1.54, 1.807) is 16.7 Å². The van der Waals surface area contributed by atoms with Crippen LogP contribution in [0.3, 0.4) is 0 Å². The zero-order valence-corrected chi connectivity index (χ0v) is 19.3. The van der Waals surface area contributed by atoms with Gasteiger partial charge in [-0.3, -0.25) is 0 Å². The van der Waals surface area contributed by atoms with Gasteiger partial charge in [-0.1, -0.05) is 85.6 Å². The van der Waals surface area contributed by atoms with Crippen molar-refractivity contribution in [2.24, 2.45) is 11.3 Å². The highest BCUT2D eigenvalue weighted by Crippen LogP contribution is 2.42. The van der Waals surface area contributed by atoms with E-state index >= 15 is 0 Å². The molecule has 0 aromatic carbocycles. The fourth-order valence-electron chi connectivity index (χ4n) is 4.76. The van der Waals surface area contributed by atoms with Gasteiger partial charge in [-0.15, -0.1) is 0 Å². The molecule has 1 atom stereocenters. The Balaban J connectivity index is 1.78. The van der Waals surface area contributed by atoms with Crippen molar-refractivity contribution in [2.75, 3.05) is 0 Å². The monoisotopic (exact) mass is 378 g/mol. The molecule has 0 aromatic rings. The fourth-order valence-corrected chi connectivity index (χ4v) is 4.76. The molecule has 1 unspecified atom stereocenters. The first kappa shape index (κ1) is 22.7. The summed E-state index contributed by atoms with van der Waals surface area (Å²) in [6, 6.07) is 0. The van der Waals surface area contributed by atoms with E-state index in [1.165, 1.54) is 48.8 Å². The molecule has 0 heteroatoms. The summed E-state index contributed by atoms with van der Waals surface area (Å²) in [5.74, 6) is 0.621. The molecule has 0 aliphatic heterocycles. The van der Waals surface area contributed by atoms with Crippen LogP contribution in [0.2, 0.25) is 0 Å². The minimum Gasteiger partial charge on any atom is -0.0958 e. The van der Waals surface area contributed by atoms with E-state index in [4.69, 9.17) is 0 Å². The number of hydrogen-bond acceptors (Lipinski definition) is 0. The van der Waals surface area contributed by atoms with Crippen LogP contribution in [0.25, 0.3) is 0 Å². The van der Waals surface area contributed by atoms with Crippen molar-refractivity contribution in [1.82, 2.24) is 0 Å². The van der Waals surface area contributed by atoms with Gasteiger partial charge in [0.1, 0.15) is 0 Å². The van der Waals surface area contributed by atoms with Crippen LogP contribution in [-0.2, 0) is 0 Å². The summed E-state index contributed by atoms with van der Waals surface area (Å²) in [4.78, 5) is 0. The lowest BCUT2D eigenvalue weighted by molar-refractivity contribution is 0.354. The Labute approximate surface area is 174 Å². The van der Waals surface area contributed by atoms with Gasteiger partial charge in [0.25, 0.3) is 0 Å². The van der Waals surface area contributed by atoms with Crippen molar-refractivity contribution in [3.8, 4) is 0 Å². The molecule has 154 valence electrons. The third-order valence-electron chi connectivity index (χ3n) is 6.66. The highest BCUT2D eigenvalue weighted by Gasteiger charge is 2.27. The highest BCUT2D eigenvalue weighted by atomic mass is 14.3. The smallest absolute Gasteiger partial charge is 0.0142 e. The third-order valence-corrected chi connectivity index (χ3v) is 6.66. The molecular weight excluding hydrogens is 336 g/mol. The molecule has 0 spiro atoms. The SMILES string of the molecule is C=C1C=C(/C=C/C=C(/C)CC/C=C(\C)CCC2=C(C)CCCC2(C)C)C(C)C1. The summed E-state index contributed by atoms with van der Waals surface area (Å²) in [5, 5.41) is 0. The predicted molar refractivity (Wildman–Crippen MR) is 126 cm³/mol. The molecule has 0 heterocycles. The van der Waals surface area contributed by atoms with E-state index in [1.807, 2.05) is 0 Å². The number of rotatable bonds is 8. The second kappa shape index (κ2) is 10.3. The Kier molecular flexibility index (Phi) is 8.35. The van der Waals surface area contributed by atoms with E-state index < -0.39 is 0 Å². The topological polar surface area (TPSA) is 0 Å². The predicted octanol–water partition coefficient (Wildman–Crippen LogP) is 9.04. The molecule has 0 aromatic heterocycles. The minimum absolute atomic E-state index is 0.410. The van der Waals surface area contributed by atoms with Crippen molar-refractivity contribution < 1.29 is 0 Å². The molecule has 0 bridgehead atoms. The van der Waals surface area contributed by atoms with Gasteiger partial charge in [0.15, 0.2) is 0 Å². The Hall–Kier alpha value is -1.56. The van der Waals surface area contributed by atoms with Crippen LogP contribution < -0.4 is 0 Å². The summed E-state index contributed by atoms with van der Waals surface area (Å²) < 4.78 is 0. The Bertz CT molecular complexity index is 715. The van der Waals surface area contributed by atoms with E-state index in [9.17, 15) is 0 Å². The van der Waals surface area contributed by atoms with Crippen LogP contribution in [0, 0.1) is 11.3 Å².